The molecule has 0 unspecified atom stereocenters. The SMILES string of the molecule is CC[C@H](C)NC(=O)[C@@H](Cc1ccccc1)N(Cc1ccccc1F)C(=O)CCSc1ccccc1. The van der Waals surface area contributed by atoms with E-state index in [4.69, 9.17) is 0 Å². The molecule has 0 aliphatic heterocycles. The lowest BCUT2D eigenvalue weighted by molar-refractivity contribution is -0.141. The lowest BCUT2D eigenvalue weighted by atomic mass is 10.0. The number of thioether (sulfide) groups is 1. The second-order valence-corrected chi connectivity index (χ2v) is 9.72. The molecule has 0 fully saturated rings. The van der Waals surface area contributed by atoms with E-state index in [2.05, 4.69) is 5.32 Å². The topological polar surface area (TPSA) is 49.4 Å². The van der Waals surface area contributed by atoms with E-state index in [1.54, 1.807) is 34.9 Å². The van der Waals surface area contributed by atoms with Crippen LogP contribution in [0, 0.1) is 5.82 Å². The third-order valence-corrected chi connectivity index (χ3v) is 6.91. The zero-order valence-electron chi connectivity index (χ0n) is 20.3. The minimum atomic E-state index is -0.750. The fraction of sp³-hybridized carbons (Fsp3) is 0.310. The van der Waals surface area contributed by atoms with Gasteiger partial charge in [0.2, 0.25) is 11.8 Å². The molecule has 2 atom stereocenters. The molecular weight excluding hydrogens is 459 g/mol. The molecule has 0 heterocycles. The van der Waals surface area contributed by atoms with Gasteiger partial charge in [0.25, 0.3) is 0 Å². The summed E-state index contributed by atoms with van der Waals surface area (Å²) >= 11 is 1.59. The Morgan fingerprint density at radius 3 is 2.23 bits per heavy atom. The van der Waals surface area contributed by atoms with Crippen LogP contribution in [0.15, 0.2) is 89.8 Å². The molecule has 3 rings (SSSR count). The predicted octanol–water partition coefficient (Wildman–Crippen LogP) is 5.86. The largest absolute Gasteiger partial charge is 0.352 e. The van der Waals surface area contributed by atoms with Crippen molar-refractivity contribution in [3.05, 3.63) is 102 Å². The number of halogens is 1. The van der Waals surface area contributed by atoms with Gasteiger partial charge in [0.1, 0.15) is 11.9 Å². The van der Waals surface area contributed by atoms with Crippen molar-refractivity contribution in [2.75, 3.05) is 5.75 Å². The molecule has 3 aromatic carbocycles. The van der Waals surface area contributed by atoms with Crippen LogP contribution in [0.2, 0.25) is 0 Å². The Bertz CT molecular complexity index is 1080. The van der Waals surface area contributed by atoms with Gasteiger partial charge in [-0.1, -0.05) is 73.7 Å². The zero-order chi connectivity index (χ0) is 25.0. The van der Waals surface area contributed by atoms with Gasteiger partial charge in [-0.05, 0) is 37.1 Å². The Hall–Kier alpha value is -3.12. The van der Waals surface area contributed by atoms with Crippen LogP contribution in [0.5, 0.6) is 0 Å². The van der Waals surface area contributed by atoms with Crippen LogP contribution in [0.3, 0.4) is 0 Å². The van der Waals surface area contributed by atoms with Crippen molar-refractivity contribution in [2.45, 2.75) is 56.6 Å². The number of carbonyl (C=O) groups excluding carboxylic acids is 2. The summed E-state index contributed by atoms with van der Waals surface area (Å²) in [5.41, 5.74) is 1.34. The first kappa shape index (κ1) is 26.5. The lowest BCUT2D eigenvalue weighted by Crippen LogP contribution is -2.52. The maximum atomic E-state index is 14.6. The monoisotopic (exact) mass is 492 g/mol. The summed E-state index contributed by atoms with van der Waals surface area (Å²) in [7, 11) is 0. The number of hydrogen-bond acceptors (Lipinski definition) is 3. The van der Waals surface area contributed by atoms with E-state index in [0.29, 0.717) is 17.7 Å². The molecule has 1 N–H and O–H groups in total. The van der Waals surface area contributed by atoms with Crippen molar-refractivity contribution < 1.29 is 14.0 Å². The maximum Gasteiger partial charge on any atom is 0.243 e. The van der Waals surface area contributed by atoms with Crippen molar-refractivity contribution in [1.82, 2.24) is 10.2 Å². The van der Waals surface area contributed by atoms with Gasteiger partial charge in [0.15, 0.2) is 0 Å². The van der Waals surface area contributed by atoms with Crippen molar-refractivity contribution >= 4 is 23.6 Å². The van der Waals surface area contributed by atoms with Crippen LogP contribution in [-0.2, 0) is 22.6 Å². The first-order valence-electron chi connectivity index (χ1n) is 12.0. The minimum Gasteiger partial charge on any atom is -0.352 e. The Balaban J connectivity index is 1.87. The van der Waals surface area contributed by atoms with Gasteiger partial charge in [-0.25, -0.2) is 4.39 Å². The van der Waals surface area contributed by atoms with Crippen molar-refractivity contribution in [3.63, 3.8) is 0 Å². The summed E-state index contributed by atoms with van der Waals surface area (Å²) in [5.74, 6) is -0.202. The molecule has 0 spiro atoms. The van der Waals surface area contributed by atoms with E-state index in [1.807, 2.05) is 74.5 Å². The molecule has 4 nitrogen and oxygen atoms in total. The van der Waals surface area contributed by atoms with Gasteiger partial charge in [-0.3, -0.25) is 9.59 Å². The van der Waals surface area contributed by atoms with E-state index in [9.17, 15) is 14.0 Å². The number of amides is 2. The van der Waals surface area contributed by atoms with E-state index in [-0.39, 0.29) is 36.6 Å². The second kappa shape index (κ2) is 13.7. The fourth-order valence-corrected chi connectivity index (χ4v) is 4.58. The normalized spacial score (nSPS) is 12.5. The first-order valence-corrected chi connectivity index (χ1v) is 13.0. The fourth-order valence-electron chi connectivity index (χ4n) is 3.72. The van der Waals surface area contributed by atoms with Gasteiger partial charge in [0.05, 0.1) is 0 Å². The molecule has 0 saturated heterocycles. The highest BCUT2D eigenvalue weighted by atomic mass is 32.2. The van der Waals surface area contributed by atoms with Crippen LogP contribution in [0.25, 0.3) is 0 Å². The molecule has 2 amide bonds. The van der Waals surface area contributed by atoms with Crippen LogP contribution in [0.1, 0.15) is 37.8 Å². The second-order valence-electron chi connectivity index (χ2n) is 8.55. The molecule has 0 saturated carbocycles. The average Bonchev–Trinajstić information content (AvgIpc) is 2.88. The number of nitrogens with one attached hydrogen (secondary N) is 1. The summed E-state index contributed by atoms with van der Waals surface area (Å²) in [6.45, 7) is 3.98. The third-order valence-electron chi connectivity index (χ3n) is 5.90. The van der Waals surface area contributed by atoms with Crippen molar-refractivity contribution in [3.8, 4) is 0 Å². The van der Waals surface area contributed by atoms with E-state index in [0.717, 1.165) is 16.9 Å². The Labute approximate surface area is 211 Å². The molecular formula is C29H33FN2O2S. The molecule has 0 aliphatic carbocycles. The van der Waals surface area contributed by atoms with Gasteiger partial charge >= 0.3 is 0 Å². The molecule has 3 aromatic rings. The quantitative estimate of drug-likeness (QED) is 0.322. The molecule has 0 bridgehead atoms. The number of nitrogens with zero attached hydrogens (tertiary/aromatic N) is 1. The van der Waals surface area contributed by atoms with Crippen molar-refractivity contribution in [2.24, 2.45) is 0 Å². The summed E-state index contributed by atoms with van der Waals surface area (Å²) in [5, 5.41) is 3.04. The summed E-state index contributed by atoms with van der Waals surface area (Å²) in [6.07, 6.45) is 1.38. The average molecular weight is 493 g/mol. The summed E-state index contributed by atoms with van der Waals surface area (Å²) < 4.78 is 14.6. The highest BCUT2D eigenvalue weighted by Gasteiger charge is 2.31. The molecule has 35 heavy (non-hydrogen) atoms. The number of rotatable bonds is 12. The Morgan fingerprint density at radius 2 is 1.57 bits per heavy atom. The molecule has 6 heteroatoms. The highest BCUT2D eigenvalue weighted by Crippen LogP contribution is 2.21. The van der Waals surface area contributed by atoms with Crippen molar-refractivity contribution in [1.29, 1.82) is 0 Å². The first-order chi connectivity index (χ1) is 17.0. The summed E-state index contributed by atoms with van der Waals surface area (Å²) in [4.78, 5) is 29.6. The minimum absolute atomic E-state index is 0.0279. The third kappa shape index (κ3) is 8.25. The smallest absolute Gasteiger partial charge is 0.243 e. The number of hydrogen-bond donors (Lipinski definition) is 1. The zero-order valence-corrected chi connectivity index (χ0v) is 21.1. The molecule has 0 aliphatic rings. The summed E-state index contributed by atoms with van der Waals surface area (Å²) in [6, 6.07) is 25.2. The van der Waals surface area contributed by atoms with Gasteiger partial charge < -0.3 is 10.2 Å². The van der Waals surface area contributed by atoms with Crippen LogP contribution >= 0.6 is 11.8 Å². The van der Waals surface area contributed by atoms with Gasteiger partial charge in [-0.2, -0.15) is 0 Å². The van der Waals surface area contributed by atoms with E-state index < -0.39 is 6.04 Å². The maximum absolute atomic E-state index is 14.6. The van der Waals surface area contributed by atoms with Crippen LogP contribution in [-0.4, -0.2) is 34.6 Å². The highest BCUT2D eigenvalue weighted by molar-refractivity contribution is 7.99. The molecule has 0 aromatic heterocycles. The van der Waals surface area contributed by atoms with E-state index in [1.165, 1.54) is 6.07 Å². The number of carbonyl (C=O) groups is 2. The van der Waals surface area contributed by atoms with Crippen LogP contribution in [0.4, 0.5) is 4.39 Å². The van der Waals surface area contributed by atoms with E-state index >= 15 is 0 Å². The predicted molar refractivity (Wildman–Crippen MR) is 141 cm³/mol. The van der Waals surface area contributed by atoms with Crippen LogP contribution < -0.4 is 5.32 Å². The molecule has 0 radical (unpaired) electrons. The Kier molecular flexibility index (Phi) is 10.4. The Morgan fingerprint density at radius 1 is 0.943 bits per heavy atom. The standard InChI is InChI=1S/C29H33FN2O2S/c1-3-22(2)31-29(34)27(20-23-12-6-4-7-13-23)32(21-24-14-10-11-17-26(24)30)28(33)18-19-35-25-15-8-5-9-16-25/h4-17,22,27H,3,18-21H2,1-2H3,(H,31,34)/t22-,27+/m0/s1. The van der Waals surface area contributed by atoms with Gasteiger partial charge in [0, 0.05) is 41.6 Å². The lowest BCUT2D eigenvalue weighted by Gasteiger charge is -2.32. The number of benzene rings is 3. The molecule has 184 valence electrons. The van der Waals surface area contributed by atoms with Gasteiger partial charge in [-0.15, -0.1) is 11.8 Å².